The van der Waals surface area contributed by atoms with E-state index in [4.69, 9.17) is 21.1 Å². The van der Waals surface area contributed by atoms with E-state index in [1.807, 2.05) is 29.8 Å². The summed E-state index contributed by atoms with van der Waals surface area (Å²) in [5, 5.41) is 7.07. The van der Waals surface area contributed by atoms with Gasteiger partial charge in [0.05, 0.1) is 31.4 Å². The molecular formula is C22H21ClN4O3S. The second kappa shape index (κ2) is 9.36. The van der Waals surface area contributed by atoms with E-state index < -0.39 is 0 Å². The van der Waals surface area contributed by atoms with Gasteiger partial charge in [-0.15, -0.1) is 11.3 Å². The molecule has 3 aromatic heterocycles. The van der Waals surface area contributed by atoms with Crippen LogP contribution in [-0.2, 0) is 17.6 Å². The van der Waals surface area contributed by atoms with E-state index in [9.17, 15) is 4.79 Å². The molecule has 0 atom stereocenters. The van der Waals surface area contributed by atoms with Gasteiger partial charge in [0.25, 0.3) is 0 Å². The van der Waals surface area contributed by atoms with Crippen LogP contribution in [0.25, 0.3) is 22.3 Å². The number of thiazole rings is 1. The van der Waals surface area contributed by atoms with Gasteiger partial charge in [-0.3, -0.25) is 4.79 Å². The Labute approximate surface area is 188 Å². The van der Waals surface area contributed by atoms with Crippen LogP contribution in [0.4, 0.5) is 0 Å². The average Bonchev–Trinajstić information content (AvgIpc) is 3.41. The van der Waals surface area contributed by atoms with E-state index in [0.717, 1.165) is 27.2 Å². The van der Waals surface area contributed by atoms with E-state index in [0.29, 0.717) is 35.1 Å². The molecule has 0 bridgehead atoms. The fourth-order valence-corrected chi connectivity index (χ4v) is 4.36. The van der Waals surface area contributed by atoms with Crippen LogP contribution in [-0.4, -0.2) is 41.6 Å². The summed E-state index contributed by atoms with van der Waals surface area (Å²) < 4.78 is 10.6. The number of aromatic amines is 1. The van der Waals surface area contributed by atoms with Gasteiger partial charge in [0.2, 0.25) is 5.91 Å². The largest absolute Gasteiger partial charge is 0.493 e. The van der Waals surface area contributed by atoms with E-state index in [1.54, 1.807) is 26.5 Å². The van der Waals surface area contributed by atoms with Gasteiger partial charge < -0.3 is 19.8 Å². The lowest BCUT2D eigenvalue weighted by Gasteiger charge is -2.10. The molecule has 0 saturated carbocycles. The number of carbonyl (C=O) groups excluding carboxylic acids is 1. The lowest BCUT2D eigenvalue weighted by Crippen LogP contribution is -2.27. The van der Waals surface area contributed by atoms with Crippen molar-refractivity contribution < 1.29 is 14.3 Å². The molecule has 0 aliphatic rings. The predicted octanol–water partition coefficient (Wildman–Crippen LogP) is 4.26. The van der Waals surface area contributed by atoms with Crippen LogP contribution in [0.1, 0.15) is 10.6 Å². The summed E-state index contributed by atoms with van der Waals surface area (Å²) in [7, 11) is 3.21. The number of fused-ring (bicyclic) bond motifs is 1. The molecule has 0 radical (unpaired) electrons. The van der Waals surface area contributed by atoms with Crippen molar-refractivity contribution in [3.8, 4) is 22.8 Å². The number of aromatic nitrogens is 3. The number of amides is 1. The summed E-state index contributed by atoms with van der Waals surface area (Å²) >= 11 is 7.77. The van der Waals surface area contributed by atoms with Gasteiger partial charge in [0.15, 0.2) is 11.5 Å². The summed E-state index contributed by atoms with van der Waals surface area (Å²) in [5.41, 5.74) is 3.42. The first-order valence-corrected chi connectivity index (χ1v) is 10.9. The number of H-pyrrole nitrogens is 1. The molecule has 7 nitrogen and oxygen atoms in total. The first-order chi connectivity index (χ1) is 15.1. The molecule has 0 fully saturated rings. The topological polar surface area (TPSA) is 89.1 Å². The average molecular weight is 457 g/mol. The quantitative estimate of drug-likeness (QED) is 0.413. The molecule has 4 aromatic rings. The number of carbonyl (C=O) groups is 1. The smallest absolute Gasteiger partial charge is 0.226 e. The van der Waals surface area contributed by atoms with Crippen molar-refractivity contribution in [1.29, 1.82) is 0 Å². The van der Waals surface area contributed by atoms with Crippen LogP contribution >= 0.6 is 22.9 Å². The van der Waals surface area contributed by atoms with Crippen molar-refractivity contribution in [3.63, 3.8) is 0 Å². The van der Waals surface area contributed by atoms with E-state index in [-0.39, 0.29) is 12.3 Å². The Balaban J connectivity index is 1.35. The van der Waals surface area contributed by atoms with E-state index >= 15 is 0 Å². The van der Waals surface area contributed by atoms with Crippen molar-refractivity contribution in [2.45, 2.75) is 12.8 Å². The highest BCUT2D eigenvalue weighted by molar-refractivity contribution is 7.10. The highest BCUT2D eigenvalue weighted by Gasteiger charge is 2.15. The van der Waals surface area contributed by atoms with Crippen molar-refractivity contribution in [2.75, 3.05) is 20.8 Å². The summed E-state index contributed by atoms with van der Waals surface area (Å²) in [6, 6.07) is 7.49. The second-order valence-corrected chi connectivity index (χ2v) is 8.16. The molecule has 9 heteroatoms. The highest BCUT2D eigenvalue weighted by atomic mass is 35.5. The molecule has 0 aliphatic heterocycles. The molecule has 0 aliphatic carbocycles. The maximum Gasteiger partial charge on any atom is 0.226 e. The molecule has 4 rings (SSSR count). The first-order valence-electron chi connectivity index (χ1n) is 9.63. The minimum absolute atomic E-state index is 0.0694. The van der Waals surface area contributed by atoms with Crippen LogP contribution in [0.3, 0.4) is 0 Å². The Morgan fingerprint density at radius 1 is 1.23 bits per heavy atom. The number of nitrogens with one attached hydrogen (secondary N) is 2. The van der Waals surface area contributed by atoms with Crippen LogP contribution in [0.15, 0.2) is 42.0 Å². The first kappa shape index (κ1) is 21.1. The van der Waals surface area contributed by atoms with Gasteiger partial charge >= 0.3 is 0 Å². The molecule has 0 spiro atoms. The van der Waals surface area contributed by atoms with Gasteiger partial charge in [-0.05, 0) is 30.2 Å². The third-order valence-electron chi connectivity index (χ3n) is 4.85. The summed E-state index contributed by atoms with van der Waals surface area (Å²) in [6.07, 6.45) is 4.41. The van der Waals surface area contributed by atoms with Crippen molar-refractivity contribution in [1.82, 2.24) is 20.3 Å². The predicted molar refractivity (Wildman–Crippen MR) is 122 cm³/mol. The SMILES string of the molecule is COc1ccc(CCNC(=O)Cc2nc(-c3c[nH]c4nccc(Cl)c34)cs2)cc1OC. The molecule has 31 heavy (non-hydrogen) atoms. The molecular weight excluding hydrogens is 436 g/mol. The zero-order valence-electron chi connectivity index (χ0n) is 17.1. The lowest BCUT2D eigenvalue weighted by molar-refractivity contribution is -0.120. The number of rotatable bonds is 8. The fraction of sp³-hybridized carbons (Fsp3) is 0.227. The normalized spacial score (nSPS) is 10.9. The van der Waals surface area contributed by atoms with Gasteiger partial charge in [-0.1, -0.05) is 17.7 Å². The van der Waals surface area contributed by atoms with E-state index in [1.165, 1.54) is 11.3 Å². The molecule has 1 amide bonds. The minimum Gasteiger partial charge on any atom is -0.493 e. The minimum atomic E-state index is -0.0694. The summed E-state index contributed by atoms with van der Waals surface area (Å²) in [5.74, 6) is 1.29. The summed E-state index contributed by atoms with van der Waals surface area (Å²) in [4.78, 5) is 24.4. The van der Waals surface area contributed by atoms with Crippen LogP contribution in [0, 0.1) is 0 Å². The Hall–Kier alpha value is -3.10. The van der Waals surface area contributed by atoms with Crippen molar-refractivity contribution in [2.24, 2.45) is 0 Å². The monoisotopic (exact) mass is 456 g/mol. The Bertz CT molecular complexity index is 1220. The van der Waals surface area contributed by atoms with Gasteiger partial charge in [-0.25, -0.2) is 9.97 Å². The maximum absolute atomic E-state index is 12.4. The number of hydrogen-bond acceptors (Lipinski definition) is 6. The number of ether oxygens (including phenoxy) is 2. The maximum atomic E-state index is 12.4. The lowest BCUT2D eigenvalue weighted by atomic mass is 10.1. The standard InChI is InChI=1S/C22H21ClN4O3S/c1-29-17-4-3-13(9-18(17)30-2)5-7-24-19(28)10-20-27-16(12-31-20)14-11-26-22-21(14)15(23)6-8-25-22/h3-4,6,8-9,11-12H,5,7,10H2,1-2H3,(H,24,28)(H,25,26). The molecule has 3 heterocycles. The highest BCUT2D eigenvalue weighted by Crippen LogP contribution is 2.33. The Morgan fingerprint density at radius 3 is 2.87 bits per heavy atom. The van der Waals surface area contributed by atoms with Crippen molar-refractivity contribution >= 4 is 39.9 Å². The number of benzene rings is 1. The number of nitrogens with zero attached hydrogens (tertiary/aromatic N) is 2. The number of halogens is 1. The van der Waals surface area contributed by atoms with Crippen LogP contribution in [0.2, 0.25) is 5.02 Å². The Kier molecular flexibility index (Phi) is 6.39. The second-order valence-electron chi connectivity index (χ2n) is 6.81. The van der Waals surface area contributed by atoms with Gasteiger partial charge in [0.1, 0.15) is 10.7 Å². The molecule has 0 saturated heterocycles. The third kappa shape index (κ3) is 4.65. The molecule has 2 N–H and O–H groups in total. The van der Waals surface area contributed by atoms with Gasteiger partial charge in [-0.2, -0.15) is 0 Å². The number of methoxy groups -OCH3 is 2. The Morgan fingerprint density at radius 2 is 2.06 bits per heavy atom. The van der Waals surface area contributed by atoms with Crippen LogP contribution < -0.4 is 14.8 Å². The van der Waals surface area contributed by atoms with Crippen LogP contribution in [0.5, 0.6) is 11.5 Å². The number of pyridine rings is 1. The molecule has 160 valence electrons. The summed E-state index contributed by atoms with van der Waals surface area (Å²) in [6.45, 7) is 0.524. The molecule has 1 aromatic carbocycles. The van der Waals surface area contributed by atoms with Crippen molar-refractivity contribution in [3.05, 3.63) is 57.6 Å². The van der Waals surface area contributed by atoms with Gasteiger partial charge in [0, 0.05) is 35.3 Å². The molecule has 0 unspecified atom stereocenters. The third-order valence-corrected chi connectivity index (χ3v) is 6.01. The fourth-order valence-electron chi connectivity index (χ4n) is 3.32. The number of hydrogen-bond donors (Lipinski definition) is 2. The van der Waals surface area contributed by atoms with E-state index in [2.05, 4.69) is 20.3 Å². The zero-order valence-corrected chi connectivity index (χ0v) is 18.6. The zero-order chi connectivity index (χ0) is 21.8.